The molecule has 1 aliphatic heterocycles. The molecule has 4 rings (SSSR count). The van der Waals surface area contributed by atoms with E-state index < -0.39 is 12.1 Å². The Morgan fingerprint density at radius 2 is 1.88 bits per heavy atom. The normalized spacial score (nSPS) is 21.0. The number of nitrogen functional groups attached to an aromatic ring is 1. The first-order valence-corrected chi connectivity index (χ1v) is 11.2. The van der Waals surface area contributed by atoms with Crippen molar-refractivity contribution in [1.29, 1.82) is 5.41 Å². The van der Waals surface area contributed by atoms with Gasteiger partial charge in [0.25, 0.3) is 5.91 Å². The number of benzene rings is 2. The summed E-state index contributed by atoms with van der Waals surface area (Å²) in [5.74, 6) is -0.783. The lowest BCUT2D eigenvalue weighted by atomic mass is 9.79. The summed E-state index contributed by atoms with van der Waals surface area (Å²) in [6, 6.07) is 14.6. The number of amides is 2. The zero-order chi connectivity index (χ0) is 22.7. The molecule has 32 heavy (non-hydrogen) atoms. The summed E-state index contributed by atoms with van der Waals surface area (Å²) in [7, 11) is 0. The predicted molar refractivity (Wildman–Crippen MR) is 122 cm³/mol. The summed E-state index contributed by atoms with van der Waals surface area (Å²) >= 11 is 0. The number of nitrogens with two attached hydrogens (primary N) is 1. The van der Waals surface area contributed by atoms with E-state index >= 15 is 0 Å². The van der Waals surface area contributed by atoms with Gasteiger partial charge in [-0.3, -0.25) is 15.0 Å². The molecule has 3 atom stereocenters. The van der Waals surface area contributed by atoms with Gasteiger partial charge in [-0.2, -0.15) is 0 Å². The maximum absolute atomic E-state index is 13.2. The highest BCUT2D eigenvalue weighted by molar-refractivity contribution is 5.95. The standard InChI is InChI=1S/C25H30N4O3/c26-23(27)18-12-10-16(11-13-18)15-28-24(31)21-9-4-14-29(21)25(32)22(30)20-8-3-6-17-5-1-2-7-19(17)20/h1-2,5,7,10-13,20-22,30H,3-4,6,8-9,14-15H2,(H3,26,27)(H,28,31)/t20?,21-,22?/m0/s1. The zero-order valence-corrected chi connectivity index (χ0v) is 18.1. The second kappa shape index (κ2) is 9.53. The SMILES string of the molecule is N=C(N)c1ccc(CNC(=O)[C@@H]2CCCN2C(=O)C(O)C2CCCc3ccccc32)cc1. The predicted octanol–water partition coefficient (Wildman–Crippen LogP) is 2.06. The molecule has 0 saturated carbocycles. The van der Waals surface area contributed by atoms with Gasteiger partial charge in [-0.05, 0) is 48.8 Å². The van der Waals surface area contributed by atoms with Crippen LogP contribution in [-0.4, -0.2) is 46.3 Å². The second-order valence-electron chi connectivity index (χ2n) is 8.66. The molecule has 7 heteroatoms. The molecule has 0 aromatic heterocycles. The third-order valence-electron chi connectivity index (χ3n) is 6.62. The monoisotopic (exact) mass is 434 g/mol. The van der Waals surface area contributed by atoms with Crippen LogP contribution in [0.4, 0.5) is 0 Å². The molecule has 1 heterocycles. The fourth-order valence-electron chi connectivity index (χ4n) is 4.87. The maximum atomic E-state index is 13.2. The van der Waals surface area contributed by atoms with E-state index in [1.54, 1.807) is 17.0 Å². The second-order valence-corrected chi connectivity index (χ2v) is 8.66. The minimum absolute atomic E-state index is 0.000146. The highest BCUT2D eigenvalue weighted by Gasteiger charge is 2.40. The van der Waals surface area contributed by atoms with Crippen molar-refractivity contribution in [1.82, 2.24) is 10.2 Å². The topological polar surface area (TPSA) is 120 Å². The van der Waals surface area contributed by atoms with E-state index in [-0.39, 0.29) is 23.6 Å². The first kappa shape index (κ1) is 22.0. The Morgan fingerprint density at radius 1 is 1.12 bits per heavy atom. The molecule has 0 radical (unpaired) electrons. The van der Waals surface area contributed by atoms with Crippen molar-refractivity contribution in [2.75, 3.05) is 6.54 Å². The van der Waals surface area contributed by atoms with Crippen LogP contribution in [0.2, 0.25) is 0 Å². The molecule has 7 nitrogen and oxygen atoms in total. The largest absolute Gasteiger partial charge is 0.384 e. The Hall–Kier alpha value is -3.19. The number of aryl methyl sites for hydroxylation is 1. The zero-order valence-electron chi connectivity index (χ0n) is 18.1. The van der Waals surface area contributed by atoms with E-state index in [1.807, 2.05) is 30.3 Å². The molecule has 1 aliphatic carbocycles. The van der Waals surface area contributed by atoms with E-state index in [2.05, 4.69) is 11.4 Å². The Morgan fingerprint density at radius 3 is 2.62 bits per heavy atom. The van der Waals surface area contributed by atoms with Crippen LogP contribution in [0, 0.1) is 5.41 Å². The molecule has 2 amide bonds. The van der Waals surface area contributed by atoms with Gasteiger partial charge in [0, 0.05) is 24.6 Å². The van der Waals surface area contributed by atoms with Crippen LogP contribution in [-0.2, 0) is 22.6 Å². The number of hydrogen-bond acceptors (Lipinski definition) is 4. The number of fused-ring (bicyclic) bond motifs is 1. The first-order valence-electron chi connectivity index (χ1n) is 11.2. The van der Waals surface area contributed by atoms with Crippen LogP contribution < -0.4 is 11.1 Å². The van der Waals surface area contributed by atoms with Crippen LogP contribution in [0.3, 0.4) is 0 Å². The Balaban J connectivity index is 1.40. The summed E-state index contributed by atoms with van der Waals surface area (Å²) in [5, 5.41) is 21.3. The highest BCUT2D eigenvalue weighted by Crippen LogP contribution is 2.35. The number of carbonyl (C=O) groups is 2. The van der Waals surface area contributed by atoms with Gasteiger partial charge in [0.15, 0.2) is 0 Å². The number of aliphatic hydroxyl groups excluding tert-OH is 1. The van der Waals surface area contributed by atoms with E-state index in [0.29, 0.717) is 25.1 Å². The number of nitrogens with one attached hydrogen (secondary N) is 2. The number of carbonyl (C=O) groups excluding carboxylic acids is 2. The first-order chi connectivity index (χ1) is 15.5. The summed E-state index contributed by atoms with van der Waals surface area (Å²) in [6.45, 7) is 0.809. The molecule has 1 fully saturated rings. The number of likely N-dealkylation sites (tertiary alicyclic amines) is 1. The van der Waals surface area contributed by atoms with Crippen molar-refractivity contribution in [2.45, 2.75) is 56.7 Å². The lowest BCUT2D eigenvalue weighted by Crippen LogP contribution is -2.50. The van der Waals surface area contributed by atoms with Crippen molar-refractivity contribution >= 4 is 17.6 Å². The Kier molecular flexibility index (Phi) is 6.55. The Labute approximate surface area is 188 Å². The van der Waals surface area contributed by atoms with Crippen LogP contribution in [0.1, 0.15) is 53.9 Å². The molecule has 2 unspecified atom stereocenters. The van der Waals surface area contributed by atoms with Gasteiger partial charge in [-0.25, -0.2) is 0 Å². The lowest BCUT2D eigenvalue weighted by Gasteiger charge is -2.32. The van der Waals surface area contributed by atoms with Gasteiger partial charge in [0.1, 0.15) is 18.0 Å². The van der Waals surface area contributed by atoms with Crippen LogP contribution >= 0.6 is 0 Å². The van der Waals surface area contributed by atoms with Crippen molar-refractivity contribution < 1.29 is 14.7 Å². The Bertz CT molecular complexity index is 1000. The molecule has 168 valence electrons. The van der Waals surface area contributed by atoms with Gasteiger partial charge in [0.2, 0.25) is 5.91 Å². The highest BCUT2D eigenvalue weighted by atomic mass is 16.3. The fourth-order valence-corrected chi connectivity index (χ4v) is 4.87. The molecule has 1 saturated heterocycles. The van der Waals surface area contributed by atoms with Crippen molar-refractivity contribution in [2.24, 2.45) is 5.73 Å². The summed E-state index contributed by atoms with van der Waals surface area (Å²) < 4.78 is 0. The third kappa shape index (κ3) is 4.53. The van der Waals surface area contributed by atoms with Crippen molar-refractivity contribution in [3.63, 3.8) is 0 Å². The summed E-state index contributed by atoms with van der Waals surface area (Å²) in [4.78, 5) is 27.6. The van der Waals surface area contributed by atoms with Crippen LogP contribution in [0.25, 0.3) is 0 Å². The van der Waals surface area contributed by atoms with Gasteiger partial charge >= 0.3 is 0 Å². The van der Waals surface area contributed by atoms with Crippen molar-refractivity contribution in [3.8, 4) is 0 Å². The summed E-state index contributed by atoms with van der Waals surface area (Å²) in [6.07, 6.45) is 2.88. The van der Waals surface area contributed by atoms with Gasteiger partial charge in [-0.1, -0.05) is 48.5 Å². The van der Waals surface area contributed by atoms with Crippen molar-refractivity contribution in [3.05, 3.63) is 70.8 Å². The average Bonchev–Trinajstić information content (AvgIpc) is 3.31. The number of rotatable bonds is 6. The molecule has 0 spiro atoms. The molecule has 5 N–H and O–H groups in total. The van der Waals surface area contributed by atoms with E-state index in [9.17, 15) is 14.7 Å². The molecular weight excluding hydrogens is 404 g/mol. The minimum Gasteiger partial charge on any atom is -0.384 e. The number of aliphatic hydroxyl groups is 1. The van der Waals surface area contributed by atoms with Crippen LogP contribution in [0.5, 0.6) is 0 Å². The molecular formula is C25H30N4O3. The minimum atomic E-state index is -1.14. The third-order valence-corrected chi connectivity index (χ3v) is 6.62. The lowest BCUT2D eigenvalue weighted by molar-refractivity contribution is -0.146. The van der Waals surface area contributed by atoms with Gasteiger partial charge in [0.05, 0.1) is 0 Å². The van der Waals surface area contributed by atoms with Gasteiger partial charge in [-0.15, -0.1) is 0 Å². The summed E-state index contributed by atoms with van der Waals surface area (Å²) in [5.41, 5.74) is 9.24. The maximum Gasteiger partial charge on any atom is 0.252 e. The van der Waals surface area contributed by atoms with E-state index in [4.69, 9.17) is 11.1 Å². The van der Waals surface area contributed by atoms with Crippen LogP contribution in [0.15, 0.2) is 48.5 Å². The molecule has 0 bridgehead atoms. The molecule has 2 aromatic carbocycles. The smallest absolute Gasteiger partial charge is 0.252 e. The van der Waals surface area contributed by atoms with E-state index in [1.165, 1.54) is 5.56 Å². The fraction of sp³-hybridized carbons (Fsp3) is 0.400. The quantitative estimate of drug-likeness (QED) is 0.411. The average molecular weight is 435 g/mol. The van der Waals surface area contributed by atoms with E-state index in [0.717, 1.165) is 36.8 Å². The molecule has 2 aliphatic rings. The number of nitrogens with zero attached hydrogens (tertiary/aromatic N) is 1. The number of hydrogen-bond donors (Lipinski definition) is 4. The van der Waals surface area contributed by atoms with Gasteiger partial charge < -0.3 is 21.1 Å². The number of amidine groups is 1. The molecule has 2 aromatic rings.